The fourth-order valence-electron chi connectivity index (χ4n) is 3.04. The van der Waals surface area contributed by atoms with Gasteiger partial charge in [0, 0.05) is 31.1 Å². The number of rotatable bonds is 10. The third kappa shape index (κ3) is 7.16. The normalized spacial score (nSPS) is 11.9. The summed E-state index contributed by atoms with van der Waals surface area (Å²) in [5.41, 5.74) is 2.93. The molecule has 0 bridgehead atoms. The second-order valence-corrected chi connectivity index (χ2v) is 7.00. The standard InChI is InChI=1S/C23H31N3O2/c1-4-26(5-2)17-20-11-9-10-19(15-20)16-24-22(27)14-18(3)25-23(28)21-12-7-6-8-13-21/h6-13,15,18H,4-5,14,16-17H2,1-3H3,(H,24,27)(H,25,28). The number of hydrogen-bond acceptors (Lipinski definition) is 3. The number of carbonyl (C=O) groups is 2. The van der Waals surface area contributed by atoms with Crippen LogP contribution >= 0.6 is 0 Å². The van der Waals surface area contributed by atoms with E-state index in [0.717, 1.165) is 25.2 Å². The molecule has 0 aromatic heterocycles. The van der Waals surface area contributed by atoms with Gasteiger partial charge in [-0.1, -0.05) is 56.3 Å². The van der Waals surface area contributed by atoms with Crippen molar-refractivity contribution in [3.8, 4) is 0 Å². The van der Waals surface area contributed by atoms with Gasteiger partial charge in [0.25, 0.3) is 5.91 Å². The number of nitrogens with one attached hydrogen (secondary N) is 2. The second kappa shape index (κ2) is 11.2. The molecule has 28 heavy (non-hydrogen) atoms. The van der Waals surface area contributed by atoms with Gasteiger partial charge in [0.15, 0.2) is 0 Å². The van der Waals surface area contributed by atoms with Gasteiger partial charge in [0.2, 0.25) is 5.91 Å². The van der Waals surface area contributed by atoms with Gasteiger partial charge in [0.1, 0.15) is 0 Å². The molecular weight excluding hydrogens is 350 g/mol. The van der Waals surface area contributed by atoms with E-state index in [9.17, 15) is 9.59 Å². The largest absolute Gasteiger partial charge is 0.352 e. The van der Waals surface area contributed by atoms with Crippen LogP contribution in [0.2, 0.25) is 0 Å². The summed E-state index contributed by atoms with van der Waals surface area (Å²) in [5, 5.41) is 5.81. The Balaban J connectivity index is 1.79. The van der Waals surface area contributed by atoms with Gasteiger partial charge in [0.05, 0.1) is 0 Å². The van der Waals surface area contributed by atoms with Crippen molar-refractivity contribution in [3.63, 3.8) is 0 Å². The molecule has 2 aromatic rings. The molecule has 0 fully saturated rings. The quantitative estimate of drug-likeness (QED) is 0.663. The van der Waals surface area contributed by atoms with Gasteiger partial charge in [-0.15, -0.1) is 0 Å². The van der Waals surface area contributed by atoms with E-state index in [2.05, 4.69) is 41.5 Å². The molecule has 0 heterocycles. The maximum Gasteiger partial charge on any atom is 0.251 e. The predicted molar refractivity (Wildman–Crippen MR) is 113 cm³/mol. The average Bonchev–Trinajstić information content (AvgIpc) is 2.71. The minimum Gasteiger partial charge on any atom is -0.352 e. The van der Waals surface area contributed by atoms with Crippen molar-refractivity contribution in [1.82, 2.24) is 15.5 Å². The third-order valence-corrected chi connectivity index (χ3v) is 4.69. The zero-order valence-corrected chi connectivity index (χ0v) is 17.1. The van der Waals surface area contributed by atoms with E-state index in [-0.39, 0.29) is 24.3 Å². The Morgan fingerprint density at radius 2 is 1.64 bits per heavy atom. The van der Waals surface area contributed by atoms with E-state index in [1.807, 2.05) is 37.3 Å². The van der Waals surface area contributed by atoms with E-state index >= 15 is 0 Å². The summed E-state index contributed by atoms with van der Waals surface area (Å²) in [6.45, 7) is 9.59. The van der Waals surface area contributed by atoms with Crippen LogP contribution in [0.15, 0.2) is 54.6 Å². The number of benzene rings is 2. The molecule has 1 atom stereocenters. The molecule has 0 aliphatic heterocycles. The van der Waals surface area contributed by atoms with Crippen LogP contribution in [0, 0.1) is 0 Å². The van der Waals surface area contributed by atoms with Gasteiger partial charge in [-0.3, -0.25) is 14.5 Å². The topological polar surface area (TPSA) is 61.4 Å². The molecule has 5 nitrogen and oxygen atoms in total. The van der Waals surface area contributed by atoms with E-state index in [0.29, 0.717) is 12.1 Å². The molecule has 0 radical (unpaired) electrons. The predicted octanol–water partition coefficient (Wildman–Crippen LogP) is 3.35. The summed E-state index contributed by atoms with van der Waals surface area (Å²) in [5.74, 6) is -0.236. The van der Waals surface area contributed by atoms with Crippen molar-refractivity contribution in [2.75, 3.05) is 13.1 Å². The highest BCUT2D eigenvalue weighted by atomic mass is 16.2. The van der Waals surface area contributed by atoms with Crippen molar-refractivity contribution in [3.05, 3.63) is 71.3 Å². The summed E-state index contributed by atoms with van der Waals surface area (Å²) >= 11 is 0. The first-order chi connectivity index (χ1) is 13.5. The monoisotopic (exact) mass is 381 g/mol. The fraction of sp³-hybridized carbons (Fsp3) is 0.391. The molecule has 2 rings (SSSR count). The van der Waals surface area contributed by atoms with E-state index in [1.54, 1.807) is 12.1 Å². The molecule has 2 N–H and O–H groups in total. The first-order valence-corrected chi connectivity index (χ1v) is 9.94. The lowest BCUT2D eigenvalue weighted by Gasteiger charge is -2.18. The smallest absolute Gasteiger partial charge is 0.251 e. The molecule has 1 unspecified atom stereocenters. The Kier molecular flexibility index (Phi) is 8.69. The van der Waals surface area contributed by atoms with Crippen LogP contribution in [-0.2, 0) is 17.9 Å². The lowest BCUT2D eigenvalue weighted by Crippen LogP contribution is -2.37. The highest BCUT2D eigenvalue weighted by molar-refractivity contribution is 5.94. The van der Waals surface area contributed by atoms with Crippen molar-refractivity contribution in [1.29, 1.82) is 0 Å². The summed E-state index contributed by atoms with van der Waals surface area (Å²) < 4.78 is 0. The fourth-order valence-corrected chi connectivity index (χ4v) is 3.04. The van der Waals surface area contributed by atoms with Gasteiger partial charge in [-0.25, -0.2) is 0 Å². The van der Waals surface area contributed by atoms with Crippen LogP contribution in [0.1, 0.15) is 48.7 Å². The third-order valence-electron chi connectivity index (χ3n) is 4.69. The minimum atomic E-state index is -0.235. The van der Waals surface area contributed by atoms with Crippen molar-refractivity contribution < 1.29 is 9.59 Å². The van der Waals surface area contributed by atoms with E-state index in [4.69, 9.17) is 0 Å². The van der Waals surface area contributed by atoms with Crippen LogP contribution < -0.4 is 10.6 Å². The Labute approximate surface area is 168 Å². The maximum absolute atomic E-state index is 12.2. The van der Waals surface area contributed by atoms with Crippen molar-refractivity contribution >= 4 is 11.8 Å². The average molecular weight is 382 g/mol. The Bertz CT molecular complexity index is 757. The highest BCUT2D eigenvalue weighted by Crippen LogP contribution is 2.09. The van der Waals surface area contributed by atoms with E-state index in [1.165, 1.54) is 5.56 Å². The molecular formula is C23H31N3O2. The first-order valence-electron chi connectivity index (χ1n) is 9.94. The zero-order valence-electron chi connectivity index (χ0n) is 17.1. The minimum absolute atomic E-state index is 0.0741. The van der Waals surface area contributed by atoms with Crippen LogP contribution in [0.5, 0.6) is 0 Å². The van der Waals surface area contributed by atoms with Crippen LogP contribution in [-0.4, -0.2) is 35.8 Å². The summed E-state index contributed by atoms with van der Waals surface area (Å²) in [6.07, 6.45) is 0.248. The zero-order chi connectivity index (χ0) is 20.4. The summed E-state index contributed by atoms with van der Waals surface area (Å²) in [4.78, 5) is 26.7. The van der Waals surface area contributed by atoms with Crippen LogP contribution in [0.4, 0.5) is 0 Å². The Morgan fingerprint density at radius 1 is 0.964 bits per heavy atom. The van der Waals surface area contributed by atoms with E-state index < -0.39 is 0 Å². The number of carbonyl (C=O) groups excluding carboxylic acids is 2. The van der Waals surface area contributed by atoms with Gasteiger partial charge < -0.3 is 10.6 Å². The van der Waals surface area contributed by atoms with Gasteiger partial charge in [-0.2, -0.15) is 0 Å². The van der Waals surface area contributed by atoms with Gasteiger partial charge >= 0.3 is 0 Å². The number of amides is 2. The molecule has 0 saturated heterocycles. The lowest BCUT2D eigenvalue weighted by atomic mass is 10.1. The highest BCUT2D eigenvalue weighted by Gasteiger charge is 2.13. The second-order valence-electron chi connectivity index (χ2n) is 7.00. The van der Waals surface area contributed by atoms with Crippen LogP contribution in [0.25, 0.3) is 0 Å². The van der Waals surface area contributed by atoms with Crippen molar-refractivity contribution in [2.45, 2.75) is 46.3 Å². The van der Waals surface area contributed by atoms with Crippen molar-refractivity contribution in [2.24, 2.45) is 0 Å². The van der Waals surface area contributed by atoms with Gasteiger partial charge in [-0.05, 0) is 43.3 Å². The molecule has 0 aliphatic rings. The maximum atomic E-state index is 12.2. The molecule has 150 valence electrons. The van der Waals surface area contributed by atoms with Crippen LogP contribution in [0.3, 0.4) is 0 Å². The lowest BCUT2D eigenvalue weighted by molar-refractivity contribution is -0.121. The molecule has 5 heteroatoms. The summed E-state index contributed by atoms with van der Waals surface area (Å²) in [6, 6.07) is 17.1. The first kappa shape index (κ1) is 21.6. The molecule has 0 aliphatic carbocycles. The SMILES string of the molecule is CCN(CC)Cc1cccc(CNC(=O)CC(C)NC(=O)c2ccccc2)c1. The summed E-state index contributed by atoms with van der Waals surface area (Å²) in [7, 11) is 0. The number of nitrogens with zero attached hydrogens (tertiary/aromatic N) is 1. The molecule has 2 aromatic carbocycles. The Hall–Kier alpha value is -2.66. The Morgan fingerprint density at radius 3 is 2.32 bits per heavy atom. The molecule has 0 spiro atoms. The molecule has 2 amide bonds. The number of hydrogen-bond donors (Lipinski definition) is 2. The molecule has 0 saturated carbocycles.